The second-order valence-corrected chi connectivity index (χ2v) is 4.42. The fourth-order valence-corrected chi connectivity index (χ4v) is 1.79. The number of nitrogens with two attached hydrogens (primary N) is 1. The van der Waals surface area contributed by atoms with Crippen LogP contribution >= 0.6 is 12.2 Å². The smallest absolute Gasteiger partial charge is 0.147 e. The summed E-state index contributed by atoms with van der Waals surface area (Å²) < 4.78 is 0. The Bertz CT molecular complexity index is 542. The molecule has 0 unspecified atom stereocenters. The summed E-state index contributed by atoms with van der Waals surface area (Å²) in [6.45, 7) is 0.731. The molecule has 2 N–H and O–H groups in total. The van der Waals surface area contributed by atoms with Crippen molar-refractivity contribution < 1.29 is 0 Å². The van der Waals surface area contributed by atoms with Crippen molar-refractivity contribution in [3.8, 4) is 0 Å². The van der Waals surface area contributed by atoms with Crippen LogP contribution in [0.1, 0.15) is 11.1 Å². The van der Waals surface area contributed by atoms with Gasteiger partial charge in [0.2, 0.25) is 0 Å². The molecule has 5 heteroatoms. The minimum atomic E-state index is 0.416. The Morgan fingerprint density at radius 3 is 2.89 bits per heavy atom. The largest absolute Gasteiger partial charge is 0.389 e. The topological polar surface area (TPSA) is 55.0 Å². The van der Waals surface area contributed by atoms with Gasteiger partial charge in [0.25, 0.3) is 0 Å². The molecule has 1 aromatic heterocycles. The van der Waals surface area contributed by atoms with Gasteiger partial charge in [-0.2, -0.15) is 0 Å². The lowest BCUT2D eigenvalue weighted by molar-refractivity contribution is 0.890. The predicted octanol–water partition coefficient (Wildman–Crippen LogP) is 1.75. The Morgan fingerprint density at radius 1 is 1.39 bits per heavy atom. The third-order valence-electron chi connectivity index (χ3n) is 2.57. The van der Waals surface area contributed by atoms with Crippen LogP contribution in [0.2, 0.25) is 0 Å². The fourth-order valence-electron chi connectivity index (χ4n) is 1.67. The Morgan fingerprint density at radius 2 is 2.22 bits per heavy atom. The molecule has 0 atom stereocenters. The van der Waals surface area contributed by atoms with Gasteiger partial charge in [-0.1, -0.05) is 30.4 Å². The first-order valence-corrected chi connectivity index (χ1v) is 5.93. The van der Waals surface area contributed by atoms with Gasteiger partial charge in [-0.25, -0.2) is 4.98 Å². The molecule has 2 aromatic rings. The second-order valence-electron chi connectivity index (χ2n) is 3.98. The molecular weight excluding hydrogens is 244 g/mol. The third-order valence-corrected chi connectivity index (χ3v) is 2.81. The highest BCUT2D eigenvalue weighted by atomic mass is 32.1. The molecule has 0 saturated heterocycles. The number of hydrogen-bond donors (Lipinski definition) is 1. The minimum absolute atomic E-state index is 0.416. The summed E-state index contributed by atoms with van der Waals surface area (Å²) in [5.41, 5.74) is 7.64. The number of thiocarbonyl (C=S) groups is 1. The second kappa shape index (κ2) is 5.55. The lowest BCUT2D eigenvalue weighted by Crippen LogP contribution is -2.18. The van der Waals surface area contributed by atoms with E-state index < -0.39 is 0 Å². The van der Waals surface area contributed by atoms with Gasteiger partial charge in [0, 0.05) is 31.5 Å². The van der Waals surface area contributed by atoms with Gasteiger partial charge in [-0.05, 0) is 11.6 Å². The number of anilines is 1. The summed E-state index contributed by atoms with van der Waals surface area (Å²) in [7, 11) is 1.97. The first-order chi connectivity index (χ1) is 8.66. The molecule has 0 bridgehead atoms. The molecule has 0 aliphatic heterocycles. The molecule has 0 radical (unpaired) electrons. The van der Waals surface area contributed by atoms with Crippen LogP contribution in [0.25, 0.3) is 0 Å². The number of benzene rings is 1. The molecule has 0 amide bonds. The van der Waals surface area contributed by atoms with E-state index in [2.05, 4.69) is 9.97 Å². The van der Waals surface area contributed by atoms with Crippen LogP contribution in [0.5, 0.6) is 0 Å². The highest BCUT2D eigenvalue weighted by Crippen LogP contribution is 2.12. The molecule has 1 heterocycles. The summed E-state index contributed by atoms with van der Waals surface area (Å²) >= 11 is 4.97. The van der Waals surface area contributed by atoms with E-state index >= 15 is 0 Å². The van der Waals surface area contributed by atoms with Gasteiger partial charge < -0.3 is 10.6 Å². The first kappa shape index (κ1) is 12.4. The summed E-state index contributed by atoms with van der Waals surface area (Å²) in [5, 5.41) is 0. The van der Waals surface area contributed by atoms with Gasteiger partial charge in [0.15, 0.2) is 0 Å². The minimum Gasteiger partial charge on any atom is -0.389 e. The van der Waals surface area contributed by atoms with Crippen molar-refractivity contribution in [1.82, 2.24) is 9.97 Å². The van der Waals surface area contributed by atoms with Crippen LogP contribution in [0.15, 0.2) is 42.9 Å². The van der Waals surface area contributed by atoms with E-state index in [0.29, 0.717) is 4.99 Å². The molecule has 0 aliphatic rings. The average Bonchev–Trinajstić information content (AvgIpc) is 2.40. The van der Waals surface area contributed by atoms with Crippen LogP contribution in [-0.4, -0.2) is 22.0 Å². The summed E-state index contributed by atoms with van der Waals surface area (Å²) in [6, 6.07) is 7.90. The standard InChI is InChI=1S/C13H14N4S/c1-17(12-8-15-5-6-16-12)9-10-3-2-4-11(7-10)13(14)18/h2-8H,9H2,1H3,(H2,14,18). The van der Waals surface area contributed by atoms with Crippen molar-refractivity contribution in [2.75, 3.05) is 11.9 Å². The Balaban J connectivity index is 2.14. The number of rotatable bonds is 4. The van der Waals surface area contributed by atoms with E-state index in [1.165, 1.54) is 0 Å². The normalized spacial score (nSPS) is 10.1. The van der Waals surface area contributed by atoms with Crippen molar-refractivity contribution in [1.29, 1.82) is 0 Å². The summed E-state index contributed by atoms with van der Waals surface area (Å²) in [6.07, 6.45) is 5.07. The number of nitrogens with zero attached hydrogens (tertiary/aromatic N) is 3. The van der Waals surface area contributed by atoms with Gasteiger partial charge in [0.05, 0.1) is 6.20 Å². The van der Waals surface area contributed by atoms with Crippen LogP contribution < -0.4 is 10.6 Å². The summed E-state index contributed by atoms with van der Waals surface area (Å²) in [4.78, 5) is 10.7. The molecule has 0 spiro atoms. The molecule has 0 saturated carbocycles. The van der Waals surface area contributed by atoms with Crippen molar-refractivity contribution in [3.05, 3.63) is 54.0 Å². The quantitative estimate of drug-likeness (QED) is 0.847. The van der Waals surface area contributed by atoms with Crippen LogP contribution in [0.3, 0.4) is 0 Å². The lowest BCUT2D eigenvalue weighted by Gasteiger charge is -2.17. The van der Waals surface area contributed by atoms with Gasteiger partial charge in [-0.15, -0.1) is 0 Å². The SMILES string of the molecule is CN(Cc1cccc(C(N)=S)c1)c1cnccn1. The molecule has 0 aliphatic carbocycles. The molecule has 2 rings (SSSR count). The first-order valence-electron chi connectivity index (χ1n) is 5.52. The van der Waals surface area contributed by atoms with Gasteiger partial charge >= 0.3 is 0 Å². The predicted molar refractivity (Wildman–Crippen MR) is 76.5 cm³/mol. The van der Waals surface area contributed by atoms with Crippen LogP contribution in [-0.2, 0) is 6.54 Å². The lowest BCUT2D eigenvalue weighted by atomic mass is 10.1. The highest BCUT2D eigenvalue weighted by Gasteiger charge is 2.04. The summed E-state index contributed by atoms with van der Waals surface area (Å²) in [5.74, 6) is 0.832. The molecule has 92 valence electrons. The van der Waals surface area contributed by atoms with Crippen molar-refractivity contribution in [3.63, 3.8) is 0 Å². The van der Waals surface area contributed by atoms with Crippen LogP contribution in [0, 0.1) is 0 Å². The average molecular weight is 258 g/mol. The molecule has 0 fully saturated rings. The Labute approximate surface area is 111 Å². The van der Waals surface area contributed by atoms with E-state index in [9.17, 15) is 0 Å². The van der Waals surface area contributed by atoms with Crippen molar-refractivity contribution in [2.45, 2.75) is 6.54 Å². The number of aromatic nitrogens is 2. The zero-order valence-electron chi connectivity index (χ0n) is 10.1. The Hall–Kier alpha value is -2.01. The number of hydrogen-bond acceptors (Lipinski definition) is 4. The third kappa shape index (κ3) is 3.01. The zero-order valence-corrected chi connectivity index (χ0v) is 10.9. The van der Waals surface area contributed by atoms with Crippen LogP contribution in [0.4, 0.5) is 5.82 Å². The van der Waals surface area contributed by atoms with Crippen molar-refractivity contribution >= 4 is 23.0 Å². The van der Waals surface area contributed by atoms with E-state index in [1.807, 2.05) is 36.2 Å². The van der Waals surface area contributed by atoms with E-state index in [-0.39, 0.29) is 0 Å². The van der Waals surface area contributed by atoms with E-state index in [0.717, 1.165) is 23.5 Å². The van der Waals surface area contributed by atoms with Gasteiger partial charge in [-0.3, -0.25) is 4.98 Å². The molecule has 4 nitrogen and oxygen atoms in total. The maximum absolute atomic E-state index is 5.62. The fraction of sp³-hybridized carbons (Fsp3) is 0.154. The Kier molecular flexibility index (Phi) is 3.84. The maximum atomic E-state index is 5.62. The molecule has 18 heavy (non-hydrogen) atoms. The maximum Gasteiger partial charge on any atom is 0.147 e. The highest BCUT2D eigenvalue weighted by molar-refractivity contribution is 7.80. The molecule has 1 aromatic carbocycles. The van der Waals surface area contributed by atoms with E-state index in [1.54, 1.807) is 18.6 Å². The van der Waals surface area contributed by atoms with E-state index in [4.69, 9.17) is 18.0 Å². The monoisotopic (exact) mass is 258 g/mol. The zero-order chi connectivity index (χ0) is 13.0. The molecular formula is C13H14N4S. The van der Waals surface area contributed by atoms with Gasteiger partial charge in [0.1, 0.15) is 10.8 Å². The van der Waals surface area contributed by atoms with Crippen molar-refractivity contribution in [2.24, 2.45) is 5.73 Å².